The number of carbonyl (C=O) groups is 3. The van der Waals surface area contributed by atoms with Gasteiger partial charge < -0.3 is 19.5 Å². The van der Waals surface area contributed by atoms with Crippen LogP contribution in [-0.4, -0.2) is 89.3 Å². The fraction of sp³-hybridized carbons (Fsp3) is 0.429. The lowest BCUT2D eigenvalue weighted by Gasteiger charge is -2.29. The highest BCUT2D eigenvalue weighted by molar-refractivity contribution is 6.36. The first-order chi connectivity index (χ1) is 20.1. The maximum atomic E-state index is 14.6. The van der Waals surface area contributed by atoms with E-state index in [1.807, 2.05) is 12.1 Å². The minimum atomic E-state index is -3.01. The van der Waals surface area contributed by atoms with Crippen molar-refractivity contribution in [2.45, 2.75) is 38.0 Å². The van der Waals surface area contributed by atoms with Gasteiger partial charge >= 0.3 is 12.1 Å². The molecule has 2 fully saturated rings. The minimum Gasteiger partial charge on any atom is -0.465 e. The van der Waals surface area contributed by atoms with E-state index in [0.717, 1.165) is 10.4 Å². The average Bonchev–Trinajstić information content (AvgIpc) is 3.58. The van der Waals surface area contributed by atoms with Crippen molar-refractivity contribution in [2.24, 2.45) is 0 Å². The number of rotatable bonds is 8. The van der Waals surface area contributed by atoms with Crippen LogP contribution in [0.25, 0.3) is 22.0 Å². The maximum Gasteiger partial charge on any atom is 0.408 e. The van der Waals surface area contributed by atoms with Gasteiger partial charge in [-0.15, -0.1) is 0 Å². The number of Topliss-reactive ketones (excluding diaryl/α,β-unsaturated/α-hetero) is 1. The Kier molecular flexibility index (Phi) is 8.60. The molecule has 42 heavy (non-hydrogen) atoms. The van der Waals surface area contributed by atoms with Gasteiger partial charge in [0.05, 0.1) is 43.0 Å². The summed E-state index contributed by atoms with van der Waals surface area (Å²) < 4.78 is 54.7. The highest BCUT2D eigenvalue weighted by Crippen LogP contribution is 2.41. The number of benzene rings is 2. The van der Waals surface area contributed by atoms with Gasteiger partial charge in [-0.05, 0) is 36.2 Å². The van der Waals surface area contributed by atoms with Crippen LogP contribution in [-0.2, 0) is 19.1 Å². The molecule has 2 aliphatic heterocycles. The summed E-state index contributed by atoms with van der Waals surface area (Å²) in [7, 11) is 0. The SMILES string of the molecule is CCOC(=O)C(C(=O)C1CC(F)CN1C(=O)O)n1cc2c(Cl)cc(-c3ccc(N4CCOCC4)cc3)c(C(F)F)c2n1. The maximum absolute atomic E-state index is 14.6. The molecule has 0 spiro atoms. The van der Waals surface area contributed by atoms with E-state index in [1.165, 1.54) is 19.2 Å². The normalized spacial score (nSPS) is 19.9. The van der Waals surface area contributed by atoms with Crippen LogP contribution in [0, 0.1) is 0 Å². The molecule has 1 aromatic heterocycles. The summed E-state index contributed by atoms with van der Waals surface area (Å²) in [6, 6.07) is 5.05. The molecular formula is C28H28ClF3N4O6. The number of morpholine rings is 1. The molecule has 224 valence electrons. The van der Waals surface area contributed by atoms with Crippen LogP contribution < -0.4 is 4.90 Å². The number of nitrogens with zero attached hydrogens (tertiary/aromatic N) is 4. The molecule has 10 nitrogen and oxygen atoms in total. The van der Waals surface area contributed by atoms with Crippen molar-refractivity contribution in [3.05, 3.63) is 47.1 Å². The van der Waals surface area contributed by atoms with Crippen molar-refractivity contribution < 1.29 is 42.1 Å². The van der Waals surface area contributed by atoms with Gasteiger partial charge in [0.1, 0.15) is 11.7 Å². The zero-order valence-corrected chi connectivity index (χ0v) is 23.3. The molecule has 2 aromatic carbocycles. The zero-order valence-electron chi connectivity index (χ0n) is 22.5. The Bertz CT molecular complexity index is 1500. The van der Waals surface area contributed by atoms with E-state index in [2.05, 4.69) is 10.00 Å². The molecule has 1 N–H and O–H groups in total. The summed E-state index contributed by atoms with van der Waals surface area (Å²) in [5, 5.41) is 13.8. The molecular weight excluding hydrogens is 581 g/mol. The van der Waals surface area contributed by atoms with E-state index in [-0.39, 0.29) is 28.1 Å². The van der Waals surface area contributed by atoms with Crippen LogP contribution in [0.3, 0.4) is 0 Å². The van der Waals surface area contributed by atoms with Crippen molar-refractivity contribution in [2.75, 3.05) is 44.4 Å². The Labute approximate surface area is 243 Å². The van der Waals surface area contributed by atoms with Crippen LogP contribution in [0.5, 0.6) is 0 Å². The summed E-state index contributed by atoms with van der Waals surface area (Å²) in [5.74, 6) is -2.07. The summed E-state index contributed by atoms with van der Waals surface area (Å²) in [6.45, 7) is 3.41. The van der Waals surface area contributed by atoms with Gasteiger partial charge in [-0.1, -0.05) is 23.7 Å². The quantitative estimate of drug-likeness (QED) is 0.284. The number of hydrogen-bond donors (Lipinski definition) is 1. The number of hydrogen-bond acceptors (Lipinski definition) is 7. The molecule has 3 aromatic rings. The molecule has 5 rings (SSSR count). The van der Waals surface area contributed by atoms with Crippen molar-refractivity contribution in [3.63, 3.8) is 0 Å². The van der Waals surface area contributed by atoms with Crippen molar-refractivity contribution in [3.8, 4) is 11.1 Å². The number of carbonyl (C=O) groups excluding carboxylic acids is 2. The van der Waals surface area contributed by atoms with Gasteiger partial charge in [-0.3, -0.25) is 9.69 Å². The third-order valence-electron chi connectivity index (χ3n) is 7.45. The lowest BCUT2D eigenvalue weighted by Crippen LogP contribution is -2.45. The van der Waals surface area contributed by atoms with Gasteiger partial charge in [-0.2, -0.15) is 5.10 Å². The van der Waals surface area contributed by atoms with Gasteiger partial charge in [0.2, 0.25) is 6.04 Å². The van der Waals surface area contributed by atoms with Gasteiger partial charge in [-0.25, -0.2) is 27.4 Å². The Morgan fingerprint density at radius 3 is 2.50 bits per heavy atom. The number of amides is 1. The monoisotopic (exact) mass is 608 g/mol. The third kappa shape index (κ3) is 5.62. The van der Waals surface area contributed by atoms with E-state index in [4.69, 9.17) is 21.1 Å². The second-order valence-electron chi connectivity index (χ2n) is 9.98. The number of fused-ring (bicyclic) bond motifs is 1. The van der Waals surface area contributed by atoms with Gasteiger partial charge in [0, 0.05) is 36.8 Å². The number of ether oxygens (including phenoxy) is 2. The van der Waals surface area contributed by atoms with Gasteiger partial charge in [0.15, 0.2) is 5.78 Å². The van der Waals surface area contributed by atoms with E-state index >= 15 is 0 Å². The predicted octanol–water partition coefficient (Wildman–Crippen LogP) is 4.89. The summed E-state index contributed by atoms with van der Waals surface area (Å²) in [6.07, 6.45) is -5.46. The van der Waals surface area contributed by atoms with E-state index in [9.17, 15) is 32.7 Å². The molecule has 0 radical (unpaired) electrons. The van der Waals surface area contributed by atoms with Crippen molar-refractivity contribution in [1.82, 2.24) is 14.7 Å². The molecule has 2 aliphatic rings. The Morgan fingerprint density at radius 2 is 1.88 bits per heavy atom. The van der Waals surface area contributed by atoms with E-state index in [1.54, 1.807) is 12.1 Å². The number of likely N-dealkylation sites (tertiary alicyclic amines) is 1. The highest BCUT2D eigenvalue weighted by atomic mass is 35.5. The Hall–Kier alpha value is -3.84. The largest absolute Gasteiger partial charge is 0.465 e. The van der Waals surface area contributed by atoms with E-state index in [0.29, 0.717) is 36.8 Å². The fourth-order valence-electron chi connectivity index (χ4n) is 5.46. The number of aromatic nitrogens is 2. The number of anilines is 1. The van der Waals surface area contributed by atoms with Crippen LogP contribution in [0.4, 0.5) is 23.7 Å². The lowest BCUT2D eigenvalue weighted by molar-refractivity contribution is -0.152. The topological polar surface area (TPSA) is 114 Å². The van der Waals surface area contributed by atoms with E-state index < -0.39 is 61.1 Å². The molecule has 3 atom stereocenters. The third-order valence-corrected chi connectivity index (χ3v) is 7.76. The minimum absolute atomic E-state index is 0.0415. The van der Waals surface area contributed by atoms with Crippen LogP contribution >= 0.6 is 11.6 Å². The summed E-state index contributed by atoms with van der Waals surface area (Å²) in [4.78, 5) is 40.9. The molecule has 0 bridgehead atoms. The van der Waals surface area contributed by atoms with Crippen molar-refractivity contribution in [1.29, 1.82) is 0 Å². The standard InChI is InChI=1S/C28H28ClF3N4O6/c1-2-42-27(38)24(25(37)21-11-16(30)13-35(21)28(39)40)36-14-19-20(29)12-18(22(26(31)32)23(19)33-36)15-3-5-17(6-4-15)34-7-9-41-10-8-34/h3-6,12,14,16,21,24,26H,2,7-11,13H2,1H3,(H,39,40). The number of ketones is 1. The molecule has 0 aliphatic carbocycles. The van der Waals surface area contributed by atoms with Crippen LogP contribution in [0.15, 0.2) is 36.5 Å². The molecule has 14 heteroatoms. The predicted molar refractivity (Wildman–Crippen MR) is 147 cm³/mol. The second-order valence-corrected chi connectivity index (χ2v) is 10.4. The lowest BCUT2D eigenvalue weighted by atomic mass is 9.97. The van der Waals surface area contributed by atoms with Crippen LogP contribution in [0.1, 0.15) is 31.4 Å². The molecule has 0 saturated carbocycles. The molecule has 1 amide bonds. The first-order valence-electron chi connectivity index (χ1n) is 13.4. The van der Waals surface area contributed by atoms with Crippen LogP contribution in [0.2, 0.25) is 5.02 Å². The number of carboxylic acid groups (broad SMARTS) is 1. The Balaban J connectivity index is 1.58. The first-order valence-corrected chi connectivity index (χ1v) is 13.7. The second kappa shape index (κ2) is 12.2. The smallest absolute Gasteiger partial charge is 0.408 e. The fourth-order valence-corrected chi connectivity index (χ4v) is 5.71. The Morgan fingerprint density at radius 1 is 1.19 bits per heavy atom. The molecule has 2 saturated heterocycles. The molecule has 3 unspecified atom stereocenters. The summed E-state index contributed by atoms with van der Waals surface area (Å²) in [5.41, 5.74) is 0.783. The van der Waals surface area contributed by atoms with Gasteiger partial charge in [0.25, 0.3) is 6.43 Å². The number of halogens is 4. The van der Waals surface area contributed by atoms with Crippen molar-refractivity contribution >= 4 is 46.0 Å². The number of alkyl halides is 3. The zero-order chi connectivity index (χ0) is 30.1. The summed E-state index contributed by atoms with van der Waals surface area (Å²) >= 11 is 6.53. The highest BCUT2D eigenvalue weighted by Gasteiger charge is 2.46. The molecule has 3 heterocycles. The first kappa shape index (κ1) is 29.6. The average molecular weight is 609 g/mol. The number of esters is 1.